The summed E-state index contributed by atoms with van der Waals surface area (Å²) < 4.78 is 0. The minimum absolute atomic E-state index is 0.110. The van der Waals surface area contributed by atoms with Crippen LogP contribution < -0.4 is 5.32 Å². The molecule has 1 aromatic heterocycles. The Hall–Kier alpha value is -1.42. The molecule has 0 aliphatic rings. The highest BCUT2D eigenvalue weighted by Gasteiger charge is 2.01. The van der Waals surface area contributed by atoms with Crippen molar-refractivity contribution in [2.45, 2.75) is 12.8 Å². The molecule has 0 atom stereocenters. The van der Waals surface area contributed by atoms with Gasteiger partial charge in [0.2, 0.25) is 5.91 Å². The summed E-state index contributed by atoms with van der Waals surface area (Å²) in [5, 5.41) is 10.2. The Bertz CT molecular complexity index is 323. The van der Waals surface area contributed by atoms with E-state index in [2.05, 4.69) is 22.1 Å². The number of nitrogens with zero attached hydrogens (tertiary/aromatic N) is 2. The molecule has 0 saturated carbocycles. The Morgan fingerprint density at radius 1 is 1.57 bits per heavy atom. The maximum atomic E-state index is 11.2. The van der Waals surface area contributed by atoms with E-state index in [1.54, 1.807) is 18.2 Å². The molecule has 1 N–H and O–H groups in total. The first-order valence-corrected chi connectivity index (χ1v) is 4.50. The standard InChI is InChI=1S/C9H10ClN3O/c1-2-3-4-9(14)11-8-6-5-7(10)12-13-8/h2,5-6H,1,3-4H2,(H,11,13,14). The highest BCUT2D eigenvalue weighted by molar-refractivity contribution is 6.29. The molecule has 0 spiro atoms. The number of hydrogen-bond acceptors (Lipinski definition) is 3. The molecule has 0 saturated heterocycles. The van der Waals surface area contributed by atoms with Gasteiger partial charge in [0.25, 0.3) is 0 Å². The first-order chi connectivity index (χ1) is 6.72. The molecule has 14 heavy (non-hydrogen) atoms. The second-order valence-electron chi connectivity index (χ2n) is 2.62. The summed E-state index contributed by atoms with van der Waals surface area (Å²) in [5.74, 6) is 0.296. The number of allylic oxidation sites excluding steroid dienone is 1. The van der Waals surface area contributed by atoms with Crippen LogP contribution in [0.1, 0.15) is 12.8 Å². The SMILES string of the molecule is C=CCCC(=O)Nc1ccc(Cl)nn1. The van der Waals surface area contributed by atoms with Crippen molar-refractivity contribution in [3.05, 3.63) is 29.9 Å². The quantitative estimate of drug-likeness (QED) is 0.776. The third-order valence-corrected chi connectivity index (χ3v) is 1.68. The predicted molar refractivity (Wildman–Crippen MR) is 55.1 cm³/mol. The predicted octanol–water partition coefficient (Wildman–Crippen LogP) is 2.03. The molecule has 0 aliphatic carbocycles. The van der Waals surface area contributed by atoms with Crippen molar-refractivity contribution < 1.29 is 4.79 Å². The van der Waals surface area contributed by atoms with E-state index in [1.165, 1.54) is 0 Å². The second kappa shape index (κ2) is 5.34. The topological polar surface area (TPSA) is 54.9 Å². The summed E-state index contributed by atoms with van der Waals surface area (Å²) in [5.41, 5.74) is 0. The van der Waals surface area contributed by atoms with E-state index in [0.29, 0.717) is 23.8 Å². The molecular weight excluding hydrogens is 202 g/mol. The molecule has 0 radical (unpaired) electrons. The van der Waals surface area contributed by atoms with Gasteiger partial charge < -0.3 is 5.32 Å². The van der Waals surface area contributed by atoms with Gasteiger partial charge in [0.1, 0.15) is 0 Å². The van der Waals surface area contributed by atoms with Crippen molar-refractivity contribution in [1.29, 1.82) is 0 Å². The summed E-state index contributed by atoms with van der Waals surface area (Å²) in [6.07, 6.45) is 2.73. The molecule has 0 fully saturated rings. The molecule has 0 aliphatic heterocycles. The van der Waals surface area contributed by atoms with Gasteiger partial charge in [-0.3, -0.25) is 4.79 Å². The number of aromatic nitrogens is 2. The lowest BCUT2D eigenvalue weighted by Crippen LogP contribution is -2.12. The number of halogens is 1. The van der Waals surface area contributed by atoms with Gasteiger partial charge in [-0.1, -0.05) is 17.7 Å². The normalized spacial score (nSPS) is 9.50. The lowest BCUT2D eigenvalue weighted by molar-refractivity contribution is -0.116. The van der Waals surface area contributed by atoms with E-state index in [-0.39, 0.29) is 5.91 Å². The van der Waals surface area contributed by atoms with Crippen molar-refractivity contribution in [2.24, 2.45) is 0 Å². The number of hydrogen-bond donors (Lipinski definition) is 1. The average Bonchev–Trinajstić information content (AvgIpc) is 2.18. The van der Waals surface area contributed by atoms with Crippen LogP contribution in [0.15, 0.2) is 24.8 Å². The molecule has 1 amide bonds. The minimum atomic E-state index is -0.110. The zero-order valence-corrected chi connectivity index (χ0v) is 8.29. The lowest BCUT2D eigenvalue weighted by Gasteiger charge is -2.01. The van der Waals surface area contributed by atoms with Gasteiger partial charge in [0, 0.05) is 6.42 Å². The van der Waals surface area contributed by atoms with Gasteiger partial charge in [-0.05, 0) is 18.6 Å². The summed E-state index contributed by atoms with van der Waals surface area (Å²) >= 11 is 5.53. The third-order valence-electron chi connectivity index (χ3n) is 1.48. The fourth-order valence-corrected chi connectivity index (χ4v) is 0.922. The molecule has 1 aromatic rings. The van der Waals surface area contributed by atoms with Crippen molar-refractivity contribution >= 4 is 23.3 Å². The molecule has 4 nitrogen and oxygen atoms in total. The fourth-order valence-electron chi connectivity index (χ4n) is 0.821. The number of anilines is 1. The van der Waals surface area contributed by atoms with Crippen LogP contribution in [0.5, 0.6) is 0 Å². The molecule has 0 unspecified atom stereocenters. The molecule has 0 aromatic carbocycles. The number of nitrogens with one attached hydrogen (secondary N) is 1. The van der Waals surface area contributed by atoms with Gasteiger partial charge in [-0.15, -0.1) is 16.8 Å². The number of rotatable bonds is 4. The minimum Gasteiger partial charge on any atom is -0.309 e. The Morgan fingerprint density at radius 3 is 2.93 bits per heavy atom. The van der Waals surface area contributed by atoms with Crippen LogP contribution in [-0.2, 0) is 4.79 Å². The Labute approximate surface area is 87.0 Å². The summed E-state index contributed by atoms with van der Waals surface area (Å²) in [6.45, 7) is 3.53. The third kappa shape index (κ3) is 3.53. The van der Waals surface area contributed by atoms with E-state index >= 15 is 0 Å². The Morgan fingerprint density at radius 2 is 2.36 bits per heavy atom. The molecule has 1 heterocycles. The van der Waals surface area contributed by atoms with E-state index in [4.69, 9.17) is 11.6 Å². The largest absolute Gasteiger partial charge is 0.309 e. The molecule has 5 heteroatoms. The average molecular weight is 212 g/mol. The zero-order chi connectivity index (χ0) is 10.4. The van der Waals surface area contributed by atoms with E-state index in [1.807, 2.05) is 0 Å². The maximum Gasteiger partial charge on any atom is 0.225 e. The number of amides is 1. The summed E-state index contributed by atoms with van der Waals surface area (Å²) in [7, 11) is 0. The summed E-state index contributed by atoms with van der Waals surface area (Å²) in [4.78, 5) is 11.2. The van der Waals surface area contributed by atoms with Crippen molar-refractivity contribution in [2.75, 3.05) is 5.32 Å². The van der Waals surface area contributed by atoms with Gasteiger partial charge in [-0.2, -0.15) is 0 Å². The molecule has 0 bridgehead atoms. The summed E-state index contributed by atoms with van der Waals surface area (Å²) in [6, 6.07) is 3.17. The van der Waals surface area contributed by atoms with Gasteiger partial charge >= 0.3 is 0 Å². The van der Waals surface area contributed by atoms with Gasteiger partial charge in [0.05, 0.1) is 0 Å². The van der Waals surface area contributed by atoms with Crippen molar-refractivity contribution in [3.8, 4) is 0 Å². The van der Waals surface area contributed by atoms with E-state index in [9.17, 15) is 4.79 Å². The van der Waals surface area contributed by atoms with Crippen LogP contribution in [0, 0.1) is 0 Å². The van der Waals surface area contributed by atoms with E-state index < -0.39 is 0 Å². The fraction of sp³-hybridized carbons (Fsp3) is 0.222. The number of carbonyl (C=O) groups is 1. The zero-order valence-electron chi connectivity index (χ0n) is 7.53. The van der Waals surface area contributed by atoms with Gasteiger partial charge in [-0.25, -0.2) is 0 Å². The maximum absolute atomic E-state index is 11.2. The molecule has 1 rings (SSSR count). The monoisotopic (exact) mass is 211 g/mol. The highest BCUT2D eigenvalue weighted by atomic mass is 35.5. The lowest BCUT2D eigenvalue weighted by atomic mass is 10.3. The van der Waals surface area contributed by atoms with Crippen LogP contribution in [-0.4, -0.2) is 16.1 Å². The Balaban J connectivity index is 2.47. The van der Waals surface area contributed by atoms with E-state index in [0.717, 1.165) is 0 Å². The van der Waals surface area contributed by atoms with Crippen LogP contribution in [0.25, 0.3) is 0 Å². The van der Waals surface area contributed by atoms with Gasteiger partial charge in [0.15, 0.2) is 11.0 Å². The van der Waals surface area contributed by atoms with Crippen LogP contribution in [0.2, 0.25) is 5.15 Å². The number of carbonyl (C=O) groups excluding carboxylic acids is 1. The molecular formula is C9H10ClN3O. The highest BCUT2D eigenvalue weighted by Crippen LogP contribution is 2.06. The van der Waals surface area contributed by atoms with Crippen LogP contribution >= 0.6 is 11.6 Å². The smallest absolute Gasteiger partial charge is 0.225 e. The molecule has 74 valence electrons. The van der Waals surface area contributed by atoms with Crippen LogP contribution in [0.3, 0.4) is 0 Å². The first-order valence-electron chi connectivity index (χ1n) is 4.12. The second-order valence-corrected chi connectivity index (χ2v) is 3.00. The van der Waals surface area contributed by atoms with Crippen molar-refractivity contribution in [3.63, 3.8) is 0 Å². The van der Waals surface area contributed by atoms with Crippen LogP contribution in [0.4, 0.5) is 5.82 Å². The Kier molecular flexibility index (Phi) is 4.07. The first kappa shape index (κ1) is 10.7. The van der Waals surface area contributed by atoms with Crippen molar-refractivity contribution in [1.82, 2.24) is 10.2 Å².